The van der Waals surface area contributed by atoms with E-state index in [-0.39, 0.29) is 22.1 Å². The summed E-state index contributed by atoms with van der Waals surface area (Å²) < 4.78 is 41.3. The van der Waals surface area contributed by atoms with Crippen LogP contribution in [0.4, 0.5) is 4.39 Å². The van der Waals surface area contributed by atoms with Gasteiger partial charge >= 0.3 is 5.97 Å². The maximum Gasteiger partial charge on any atom is 0.310 e. The second-order valence-electron chi connectivity index (χ2n) is 5.99. The van der Waals surface area contributed by atoms with E-state index in [4.69, 9.17) is 16.3 Å². The Hall–Kier alpha value is -1.67. The molecule has 0 radical (unpaired) electrons. The van der Waals surface area contributed by atoms with Gasteiger partial charge in [-0.05, 0) is 25.5 Å². The molecule has 1 aromatic rings. The molecule has 1 aromatic carbocycles. The lowest BCUT2D eigenvalue weighted by Crippen LogP contribution is -2.48. The molecule has 2 rings (SSSR count). The second kappa shape index (κ2) is 7.06. The topological polar surface area (TPSA) is 89.5 Å². The number of ether oxygens (including phenoxy) is 1. The van der Waals surface area contributed by atoms with E-state index in [2.05, 4.69) is 5.32 Å². The molecule has 0 aromatic heterocycles. The van der Waals surface area contributed by atoms with Crippen molar-refractivity contribution < 1.29 is 27.1 Å². The van der Waals surface area contributed by atoms with E-state index in [0.29, 0.717) is 6.42 Å². The summed E-state index contributed by atoms with van der Waals surface area (Å²) in [5, 5.41) is 2.65. The summed E-state index contributed by atoms with van der Waals surface area (Å²) in [5.74, 6) is -2.18. The Bertz CT molecular complexity index is 747. The summed E-state index contributed by atoms with van der Waals surface area (Å²) in [5.41, 5.74) is -0.865. The molecule has 1 aliphatic heterocycles. The smallest absolute Gasteiger partial charge is 0.310 e. The Morgan fingerprint density at radius 1 is 1.42 bits per heavy atom. The lowest BCUT2D eigenvalue weighted by Gasteiger charge is -2.23. The summed E-state index contributed by atoms with van der Waals surface area (Å²) in [6.07, 6.45) is -0.0930. The van der Waals surface area contributed by atoms with Gasteiger partial charge in [-0.3, -0.25) is 9.59 Å². The van der Waals surface area contributed by atoms with Crippen molar-refractivity contribution in [1.82, 2.24) is 5.32 Å². The normalized spacial score (nSPS) is 22.1. The summed E-state index contributed by atoms with van der Waals surface area (Å²) in [7, 11) is -3.16. The number of hydrogen-bond acceptors (Lipinski definition) is 5. The number of amides is 1. The number of hydrogen-bond donors (Lipinski definition) is 1. The predicted octanol–water partition coefficient (Wildman–Crippen LogP) is 1.26. The number of nitrogens with one attached hydrogen (secondary N) is 1. The molecule has 1 heterocycles. The van der Waals surface area contributed by atoms with Gasteiger partial charge in [-0.15, -0.1) is 0 Å². The van der Waals surface area contributed by atoms with Crippen molar-refractivity contribution in [2.75, 3.05) is 18.1 Å². The molecule has 1 N–H and O–H groups in total. The van der Waals surface area contributed by atoms with Crippen molar-refractivity contribution in [3.05, 3.63) is 34.6 Å². The van der Waals surface area contributed by atoms with Crippen molar-refractivity contribution in [3.8, 4) is 0 Å². The monoisotopic (exact) mass is 377 g/mol. The van der Waals surface area contributed by atoms with Gasteiger partial charge in [0, 0.05) is 10.6 Å². The van der Waals surface area contributed by atoms with E-state index in [1.165, 1.54) is 18.2 Å². The first-order chi connectivity index (χ1) is 11.1. The third-order valence-corrected chi connectivity index (χ3v) is 5.95. The van der Waals surface area contributed by atoms with Gasteiger partial charge in [-0.25, -0.2) is 12.8 Å². The fourth-order valence-corrected chi connectivity index (χ4v) is 4.85. The quantitative estimate of drug-likeness (QED) is 0.780. The zero-order valence-electron chi connectivity index (χ0n) is 13.0. The van der Waals surface area contributed by atoms with E-state index in [9.17, 15) is 22.4 Å². The Balaban J connectivity index is 1.85. The molecule has 1 fully saturated rings. The maximum absolute atomic E-state index is 13.6. The van der Waals surface area contributed by atoms with Gasteiger partial charge in [0.25, 0.3) is 5.91 Å². The highest BCUT2D eigenvalue weighted by Gasteiger charge is 2.39. The Morgan fingerprint density at radius 3 is 2.71 bits per heavy atom. The number of carbonyl (C=O) groups excluding carboxylic acids is 2. The molecule has 132 valence electrons. The highest BCUT2D eigenvalue weighted by Crippen LogP contribution is 2.23. The molecule has 0 unspecified atom stereocenters. The van der Waals surface area contributed by atoms with Crippen LogP contribution < -0.4 is 5.32 Å². The maximum atomic E-state index is 13.6. The number of sulfone groups is 1. The number of halogens is 2. The van der Waals surface area contributed by atoms with E-state index in [1.807, 2.05) is 0 Å². The minimum atomic E-state index is -3.16. The number of esters is 1. The molecular formula is C15H17ClFNO5S. The van der Waals surface area contributed by atoms with Crippen molar-refractivity contribution in [2.45, 2.75) is 25.3 Å². The zero-order valence-corrected chi connectivity index (χ0v) is 14.5. The van der Waals surface area contributed by atoms with Gasteiger partial charge in [0.15, 0.2) is 16.4 Å². The van der Waals surface area contributed by atoms with E-state index in [1.54, 1.807) is 6.92 Å². The lowest BCUT2D eigenvalue weighted by molar-refractivity contribution is -0.148. The van der Waals surface area contributed by atoms with Crippen LogP contribution in [0.1, 0.15) is 18.9 Å². The SMILES string of the molecule is C[C@]1(NC(=O)COC(=O)Cc2c(F)cccc2Cl)CCS(=O)(=O)C1. The summed E-state index contributed by atoms with van der Waals surface area (Å²) in [6.45, 7) is 1.05. The minimum absolute atomic E-state index is 0.00146. The van der Waals surface area contributed by atoms with Crippen LogP contribution in [-0.4, -0.2) is 43.9 Å². The van der Waals surface area contributed by atoms with Gasteiger partial charge in [0.2, 0.25) is 0 Å². The fraction of sp³-hybridized carbons (Fsp3) is 0.467. The molecule has 24 heavy (non-hydrogen) atoms. The first kappa shape index (κ1) is 18.7. The van der Waals surface area contributed by atoms with Gasteiger partial charge in [0.1, 0.15) is 5.82 Å². The number of carbonyl (C=O) groups is 2. The Kier molecular flexibility index (Phi) is 5.49. The zero-order chi connectivity index (χ0) is 18.0. The molecule has 0 spiro atoms. The van der Waals surface area contributed by atoms with Gasteiger partial charge in [0.05, 0.1) is 23.5 Å². The average molecular weight is 378 g/mol. The van der Waals surface area contributed by atoms with Crippen LogP contribution in [0.2, 0.25) is 5.02 Å². The first-order valence-corrected chi connectivity index (χ1v) is 9.40. The van der Waals surface area contributed by atoms with Crippen LogP contribution in [0.5, 0.6) is 0 Å². The molecule has 1 aliphatic rings. The number of rotatable bonds is 5. The fourth-order valence-electron chi connectivity index (χ4n) is 2.52. The molecule has 9 heteroatoms. The lowest BCUT2D eigenvalue weighted by atomic mass is 10.0. The third kappa shape index (κ3) is 4.91. The van der Waals surface area contributed by atoms with Crippen molar-refractivity contribution in [1.29, 1.82) is 0 Å². The van der Waals surface area contributed by atoms with Crippen LogP contribution in [0.25, 0.3) is 0 Å². The molecule has 0 saturated carbocycles. The molecular weight excluding hydrogens is 361 g/mol. The van der Waals surface area contributed by atoms with Crippen LogP contribution in [0, 0.1) is 5.82 Å². The molecule has 1 saturated heterocycles. The summed E-state index contributed by atoms with van der Waals surface area (Å²) in [4.78, 5) is 23.5. The molecule has 0 bridgehead atoms. The van der Waals surface area contributed by atoms with Crippen LogP contribution in [-0.2, 0) is 30.6 Å². The first-order valence-electron chi connectivity index (χ1n) is 7.20. The van der Waals surface area contributed by atoms with Gasteiger partial charge in [-0.2, -0.15) is 0 Å². The predicted molar refractivity (Wildman–Crippen MR) is 85.9 cm³/mol. The highest BCUT2D eigenvalue weighted by molar-refractivity contribution is 7.91. The Labute approximate surface area is 144 Å². The summed E-state index contributed by atoms with van der Waals surface area (Å²) >= 11 is 5.81. The van der Waals surface area contributed by atoms with Crippen molar-refractivity contribution >= 4 is 33.3 Å². The van der Waals surface area contributed by atoms with E-state index >= 15 is 0 Å². The van der Waals surface area contributed by atoms with E-state index in [0.717, 1.165) is 0 Å². The van der Waals surface area contributed by atoms with Gasteiger partial charge in [-0.1, -0.05) is 17.7 Å². The van der Waals surface area contributed by atoms with Crippen molar-refractivity contribution in [2.24, 2.45) is 0 Å². The average Bonchev–Trinajstić information content (AvgIpc) is 2.74. The van der Waals surface area contributed by atoms with Gasteiger partial charge < -0.3 is 10.1 Å². The molecule has 1 amide bonds. The second-order valence-corrected chi connectivity index (χ2v) is 8.58. The van der Waals surface area contributed by atoms with Crippen LogP contribution in [0.3, 0.4) is 0 Å². The van der Waals surface area contributed by atoms with Crippen LogP contribution >= 0.6 is 11.6 Å². The van der Waals surface area contributed by atoms with Crippen LogP contribution in [0.15, 0.2) is 18.2 Å². The molecule has 0 aliphatic carbocycles. The third-order valence-electron chi connectivity index (χ3n) is 3.69. The Morgan fingerprint density at radius 2 is 2.12 bits per heavy atom. The number of benzene rings is 1. The minimum Gasteiger partial charge on any atom is -0.455 e. The standard InChI is InChI=1S/C15H17ClFNO5S/c1-15(5-6-24(21,22)9-15)18-13(19)8-23-14(20)7-10-11(16)3-2-4-12(10)17/h2-4H,5-9H2,1H3,(H,18,19)/t15-/m0/s1. The highest BCUT2D eigenvalue weighted by atomic mass is 35.5. The largest absolute Gasteiger partial charge is 0.455 e. The van der Waals surface area contributed by atoms with E-state index < -0.39 is 46.1 Å². The molecule has 6 nitrogen and oxygen atoms in total. The summed E-state index contributed by atoms with van der Waals surface area (Å²) in [6, 6.07) is 4.03. The van der Waals surface area contributed by atoms with Crippen molar-refractivity contribution in [3.63, 3.8) is 0 Å². The molecule has 1 atom stereocenters.